The molecule has 0 saturated carbocycles. The predicted octanol–water partition coefficient (Wildman–Crippen LogP) is 4.52. The molecule has 0 aliphatic carbocycles. The van der Waals surface area contributed by atoms with Crippen molar-refractivity contribution >= 4 is 17.5 Å². The summed E-state index contributed by atoms with van der Waals surface area (Å²) >= 11 is 6.13. The Hall–Kier alpha value is -2.00. The van der Waals surface area contributed by atoms with Gasteiger partial charge >= 0.3 is 0 Å². The number of carbonyl (C=O) groups is 1. The number of rotatable bonds is 5. The van der Waals surface area contributed by atoms with Gasteiger partial charge in [-0.15, -0.1) is 0 Å². The van der Waals surface area contributed by atoms with Gasteiger partial charge in [0.05, 0.1) is 6.04 Å². The first-order chi connectivity index (χ1) is 10.9. The Labute approximate surface area is 142 Å². The highest BCUT2D eigenvalue weighted by atomic mass is 35.5. The van der Waals surface area contributed by atoms with Crippen LogP contribution in [0.1, 0.15) is 35.2 Å². The smallest absolute Gasteiger partial charge is 0.258 e. The first-order valence-corrected chi connectivity index (χ1v) is 8.00. The lowest BCUT2D eigenvalue weighted by Crippen LogP contribution is -2.31. The van der Waals surface area contributed by atoms with Gasteiger partial charge in [-0.05, 0) is 56.5 Å². The first-order valence-electron chi connectivity index (χ1n) is 7.62. The maximum atomic E-state index is 12.0. The molecule has 122 valence electrons. The number of aryl methyl sites for hydroxylation is 3. The van der Waals surface area contributed by atoms with Crippen LogP contribution in [-0.4, -0.2) is 12.5 Å². The number of ether oxygens (including phenoxy) is 1. The van der Waals surface area contributed by atoms with Gasteiger partial charge in [-0.1, -0.05) is 41.4 Å². The maximum absolute atomic E-state index is 12.0. The fourth-order valence-electron chi connectivity index (χ4n) is 2.36. The SMILES string of the molecule is Cc1ccc(C(C)NC(=O)COc2cc(C)c(Cl)c(C)c2)cc1. The average molecular weight is 332 g/mol. The van der Waals surface area contributed by atoms with E-state index in [9.17, 15) is 4.79 Å². The van der Waals surface area contributed by atoms with Gasteiger partial charge in [-0.2, -0.15) is 0 Å². The van der Waals surface area contributed by atoms with Gasteiger partial charge in [0.1, 0.15) is 5.75 Å². The van der Waals surface area contributed by atoms with Gasteiger partial charge in [-0.25, -0.2) is 0 Å². The van der Waals surface area contributed by atoms with E-state index in [0.29, 0.717) is 5.75 Å². The van der Waals surface area contributed by atoms with Crippen molar-refractivity contribution in [3.63, 3.8) is 0 Å². The Morgan fingerprint density at radius 3 is 2.26 bits per heavy atom. The molecule has 1 atom stereocenters. The minimum Gasteiger partial charge on any atom is -0.484 e. The Bertz CT molecular complexity index is 672. The van der Waals surface area contributed by atoms with Crippen LogP contribution in [0.25, 0.3) is 0 Å². The van der Waals surface area contributed by atoms with Crippen LogP contribution in [0.5, 0.6) is 5.75 Å². The molecular weight excluding hydrogens is 310 g/mol. The number of halogens is 1. The van der Waals surface area contributed by atoms with E-state index in [2.05, 4.69) is 5.32 Å². The van der Waals surface area contributed by atoms with Crippen LogP contribution < -0.4 is 10.1 Å². The number of carbonyl (C=O) groups excluding carboxylic acids is 1. The standard InChI is InChI=1S/C19H22ClNO2/c1-12-5-7-16(8-6-12)15(4)21-18(22)11-23-17-9-13(2)19(20)14(3)10-17/h5-10,15H,11H2,1-4H3,(H,21,22). The van der Waals surface area contributed by atoms with Crippen molar-refractivity contribution in [3.8, 4) is 5.75 Å². The lowest BCUT2D eigenvalue weighted by atomic mass is 10.1. The van der Waals surface area contributed by atoms with E-state index < -0.39 is 0 Å². The number of hydrogen-bond donors (Lipinski definition) is 1. The molecule has 0 saturated heterocycles. The number of benzene rings is 2. The average Bonchev–Trinajstić information content (AvgIpc) is 2.51. The van der Waals surface area contributed by atoms with Gasteiger partial charge in [0.25, 0.3) is 5.91 Å². The van der Waals surface area contributed by atoms with Crippen molar-refractivity contribution < 1.29 is 9.53 Å². The highest BCUT2D eigenvalue weighted by Crippen LogP contribution is 2.25. The van der Waals surface area contributed by atoms with Crippen LogP contribution in [0.15, 0.2) is 36.4 Å². The fourth-order valence-corrected chi connectivity index (χ4v) is 2.47. The second kappa shape index (κ2) is 7.51. The highest BCUT2D eigenvalue weighted by molar-refractivity contribution is 6.32. The lowest BCUT2D eigenvalue weighted by Gasteiger charge is -2.15. The summed E-state index contributed by atoms with van der Waals surface area (Å²) in [6, 6.07) is 11.7. The molecule has 2 aromatic rings. The zero-order valence-electron chi connectivity index (χ0n) is 13.9. The molecule has 0 spiro atoms. The third-order valence-corrected chi connectivity index (χ3v) is 4.33. The van der Waals surface area contributed by atoms with E-state index >= 15 is 0 Å². The van der Waals surface area contributed by atoms with E-state index in [1.54, 1.807) is 0 Å². The van der Waals surface area contributed by atoms with Crippen molar-refractivity contribution in [1.29, 1.82) is 0 Å². The maximum Gasteiger partial charge on any atom is 0.258 e. The quantitative estimate of drug-likeness (QED) is 0.874. The summed E-state index contributed by atoms with van der Waals surface area (Å²) in [6.07, 6.45) is 0. The molecule has 4 heteroatoms. The molecule has 1 unspecified atom stereocenters. The molecule has 0 aromatic heterocycles. The predicted molar refractivity (Wildman–Crippen MR) is 94.2 cm³/mol. The van der Waals surface area contributed by atoms with E-state index in [4.69, 9.17) is 16.3 Å². The minimum absolute atomic E-state index is 0.0171. The van der Waals surface area contributed by atoms with Crippen molar-refractivity contribution in [2.24, 2.45) is 0 Å². The van der Waals surface area contributed by atoms with Gasteiger partial charge in [0, 0.05) is 5.02 Å². The van der Waals surface area contributed by atoms with Gasteiger partial charge in [0.2, 0.25) is 0 Å². The summed E-state index contributed by atoms with van der Waals surface area (Å²) in [5.74, 6) is 0.505. The topological polar surface area (TPSA) is 38.3 Å². The third-order valence-electron chi connectivity index (χ3n) is 3.73. The van der Waals surface area contributed by atoms with E-state index in [1.807, 2.05) is 64.1 Å². The van der Waals surface area contributed by atoms with Gasteiger partial charge in [0.15, 0.2) is 6.61 Å². The van der Waals surface area contributed by atoms with Crippen LogP contribution in [0.4, 0.5) is 0 Å². The third kappa shape index (κ3) is 4.73. The molecule has 0 aliphatic rings. The minimum atomic E-state index is -0.150. The van der Waals surface area contributed by atoms with Crippen molar-refractivity contribution in [1.82, 2.24) is 5.32 Å². The second-order valence-electron chi connectivity index (χ2n) is 5.86. The molecule has 2 rings (SSSR count). The number of nitrogens with one attached hydrogen (secondary N) is 1. The molecule has 3 nitrogen and oxygen atoms in total. The lowest BCUT2D eigenvalue weighted by molar-refractivity contribution is -0.123. The fraction of sp³-hybridized carbons (Fsp3) is 0.316. The van der Waals surface area contributed by atoms with Gasteiger partial charge < -0.3 is 10.1 Å². The van der Waals surface area contributed by atoms with Gasteiger partial charge in [-0.3, -0.25) is 4.79 Å². The molecule has 0 aliphatic heterocycles. The molecule has 1 amide bonds. The molecular formula is C19H22ClNO2. The summed E-state index contributed by atoms with van der Waals surface area (Å²) in [5.41, 5.74) is 4.15. The van der Waals surface area contributed by atoms with Crippen LogP contribution in [-0.2, 0) is 4.79 Å². The molecule has 0 bridgehead atoms. The Morgan fingerprint density at radius 1 is 1.13 bits per heavy atom. The van der Waals surface area contributed by atoms with E-state index in [-0.39, 0.29) is 18.6 Å². The van der Waals surface area contributed by atoms with E-state index in [0.717, 1.165) is 21.7 Å². The zero-order valence-corrected chi connectivity index (χ0v) is 14.7. The largest absolute Gasteiger partial charge is 0.484 e. The normalized spacial score (nSPS) is 11.9. The Morgan fingerprint density at radius 2 is 1.70 bits per heavy atom. The van der Waals surface area contributed by atoms with Crippen molar-refractivity contribution in [2.45, 2.75) is 33.7 Å². The molecule has 0 radical (unpaired) electrons. The summed E-state index contributed by atoms with van der Waals surface area (Å²) in [4.78, 5) is 12.0. The molecule has 2 aromatic carbocycles. The van der Waals surface area contributed by atoms with Crippen LogP contribution in [0.2, 0.25) is 5.02 Å². The highest BCUT2D eigenvalue weighted by Gasteiger charge is 2.11. The molecule has 23 heavy (non-hydrogen) atoms. The number of hydrogen-bond acceptors (Lipinski definition) is 2. The van der Waals surface area contributed by atoms with Crippen molar-refractivity contribution in [3.05, 3.63) is 63.7 Å². The zero-order chi connectivity index (χ0) is 17.0. The number of amides is 1. The Balaban J connectivity index is 1.91. The molecule has 0 fully saturated rings. The summed E-state index contributed by atoms with van der Waals surface area (Å²) < 4.78 is 5.57. The summed E-state index contributed by atoms with van der Waals surface area (Å²) in [7, 11) is 0. The van der Waals surface area contributed by atoms with Crippen LogP contribution in [0.3, 0.4) is 0 Å². The monoisotopic (exact) mass is 331 g/mol. The molecule has 0 heterocycles. The Kier molecular flexibility index (Phi) is 5.67. The van der Waals surface area contributed by atoms with Crippen LogP contribution in [0, 0.1) is 20.8 Å². The summed E-state index contributed by atoms with van der Waals surface area (Å²) in [6.45, 7) is 7.82. The summed E-state index contributed by atoms with van der Waals surface area (Å²) in [5, 5.41) is 3.67. The first kappa shape index (κ1) is 17.4. The van der Waals surface area contributed by atoms with E-state index in [1.165, 1.54) is 5.56 Å². The second-order valence-corrected chi connectivity index (χ2v) is 6.24. The van der Waals surface area contributed by atoms with Crippen molar-refractivity contribution in [2.75, 3.05) is 6.61 Å². The van der Waals surface area contributed by atoms with Crippen LogP contribution >= 0.6 is 11.6 Å². The molecule has 1 N–H and O–H groups in total.